The normalized spacial score (nSPS) is 19.5. The van der Waals surface area contributed by atoms with Gasteiger partial charge in [-0.1, -0.05) is 12.8 Å². The molecule has 2 heterocycles. The second kappa shape index (κ2) is 6.59. The highest BCUT2D eigenvalue weighted by molar-refractivity contribution is 5.95. The SMILES string of the molecule is CCOC(=O)c1cc(N)cnc1N1CCCCCC1C. The van der Waals surface area contributed by atoms with Crippen LogP contribution in [0.1, 0.15) is 49.9 Å². The monoisotopic (exact) mass is 277 g/mol. The minimum atomic E-state index is -0.348. The molecule has 0 aromatic carbocycles. The molecule has 0 spiro atoms. The third-order valence-electron chi connectivity index (χ3n) is 3.71. The van der Waals surface area contributed by atoms with Crippen molar-refractivity contribution in [1.82, 2.24) is 4.98 Å². The number of carbonyl (C=O) groups is 1. The highest BCUT2D eigenvalue weighted by Gasteiger charge is 2.24. The fraction of sp³-hybridized carbons (Fsp3) is 0.600. The topological polar surface area (TPSA) is 68.5 Å². The molecule has 5 nitrogen and oxygen atoms in total. The maximum absolute atomic E-state index is 12.1. The van der Waals surface area contributed by atoms with Crippen molar-refractivity contribution in [1.29, 1.82) is 0 Å². The lowest BCUT2D eigenvalue weighted by atomic mass is 10.1. The number of anilines is 2. The van der Waals surface area contributed by atoms with E-state index in [0.717, 1.165) is 19.4 Å². The first kappa shape index (κ1) is 14.6. The van der Waals surface area contributed by atoms with Gasteiger partial charge in [0.05, 0.1) is 18.5 Å². The Hall–Kier alpha value is -1.78. The van der Waals surface area contributed by atoms with E-state index in [2.05, 4.69) is 16.8 Å². The molecule has 1 aromatic heterocycles. The zero-order valence-electron chi connectivity index (χ0n) is 12.3. The summed E-state index contributed by atoms with van der Waals surface area (Å²) < 4.78 is 5.12. The minimum Gasteiger partial charge on any atom is -0.462 e. The van der Waals surface area contributed by atoms with E-state index in [0.29, 0.717) is 29.7 Å². The Kier molecular flexibility index (Phi) is 4.82. The lowest BCUT2D eigenvalue weighted by Crippen LogP contribution is -2.34. The Morgan fingerprint density at radius 3 is 3.05 bits per heavy atom. The van der Waals surface area contributed by atoms with Gasteiger partial charge in [0.25, 0.3) is 0 Å². The number of rotatable bonds is 3. The van der Waals surface area contributed by atoms with Crippen molar-refractivity contribution in [3.63, 3.8) is 0 Å². The number of esters is 1. The van der Waals surface area contributed by atoms with Crippen LogP contribution in [0.3, 0.4) is 0 Å². The van der Waals surface area contributed by atoms with Gasteiger partial charge < -0.3 is 15.4 Å². The van der Waals surface area contributed by atoms with Crippen LogP contribution >= 0.6 is 0 Å². The molecule has 1 fully saturated rings. The number of aromatic nitrogens is 1. The van der Waals surface area contributed by atoms with Gasteiger partial charge in [0, 0.05) is 12.6 Å². The number of carbonyl (C=O) groups excluding carboxylic acids is 1. The van der Waals surface area contributed by atoms with Gasteiger partial charge in [-0.2, -0.15) is 0 Å². The fourth-order valence-electron chi connectivity index (χ4n) is 2.65. The maximum Gasteiger partial charge on any atom is 0.341 e. The zero-order valence-corrected chi connectivity index (χ0v) is 12.3. The second-order valence-corrected chi connectivity index (χ2v) is 5.25. The van der Waals surface area contributed by atoms with Crippen molar-refractivity contribution in [2.75, 3.05) is 23.8 Å². The van der Waals surface area contributed by atoms with Crippen LogP contribution in [-0.2, 0) is 4.74 Å². The Balaban J connectivity index is 2.36. The number of hydrogen-bond donors (Lipinski definition) is 1. The van der Waals surface area contributed by atoms with Crippen LogP contribution in [0.4, 0.5) is 11.5 Å². The first-order valence-corrected chi connectivity index (χ1v) is 7.32. The Labute approximate surface area is 120 Å². The lowest BCUT2D eigenvalue weighted by molar-refractivity contribution is 0.0526. The van der Waals surface area contributed by atoms with Crippen LogP contribution in [0.15, 0.2) is 12.3 Å². The fourth-order valence-corrected chi connectivity index (χ4v) is 2.65. The highest BCUT2D eigenvalue weighted by atomic mass is 16.5. The van der Waals surface area contributed by atoms with E-state index in [1.165, 1.54) is 12.8 Å². The van der Waals surface area contributed by atoms with Crippen molar-refractivity contribution < 1.29 is 9.53 Å². The molecule has 5 heteroatoms. The molecule has 0 saturated carbocycles. The molecule has 0 bridgehead atoms. The standard InChI is InChI=1S/C15H23N3O2/c1-3-20-15(19)13-9-12(16)10-17-14(13)18-8-6-4-5-7-11(18)2/h9-11H,3-8,16H2,1-2H3. The number of nitrogen functional groups attached to an aromatic ring is 1. The summed E-state index contributed by atoms with van der Waals surface area (Å²) in [5.74, 6) is 0.353. The van der Waals surface area contributed by atoms with Crippen molar-refractivity contribution in [2.45, 2.75) is 45.6 Å². The van der Waals surface area contributed by atoms with Crippen molar-refractivity contribution in [3.8, 4) is 0 Å². The first-order valence-electron chi connectivity index (χ1n) is 7.32. The van der Waals surface area contributed by atoms with Crippen molar-refractivity contribution in [2.24, 2.45) is 0 Å². The predicted octanol–water partition coefficient (Wildman–Crippen LogP) is 2.61. The zero-order chi connectivity index (χ0) is 14.5. The van der Waals surface area contributed by atoms with E-state index in [1.807, 2.05) is 0 Å². The smallest absolute Gasteiger partial charge is 0.341 e. The minimum absolute atomic E-state index is 0.348. The molecule has 0 radical (unpaired) electrons. The number of nitrogens with zero attached hydrogens (tertiary/aromatic N) is 2. The van der Waals surface area contributed by atoms with Gasteiger partial charge in [-0.3, -0.25) is 0 Å². The van der Waals surface area contributed by atoms with Gasteiger partial charge in [-0.05, 0) is 32.8 Å². The molecule has 1 atom stereocenters. The van der Waals surface area contributed by atoms with Gasteiger partial charge in [0.1, 0.15) is 11.4 Å². The summed E-state index contributed by atoms with van der Waals surface area (Å²) in [5, 5.41) is 0. The Morgan fingerprint density at radius 1 is 1.50 bits per heavy atom. The van der Waals surface area contributed by atoms with Crippen LogP contribution in [0, 0.1) is 0 Å². The summed E-state index contributed by atoms with van der Waals surface area (Å²) in [4.78, 5) is 18.7. The predicted molar refractivity (Wildman–Crippen MR) is 79.9 cm³/mol. The van der Waals surface area contributed by atoms with E-state index in [9.17, 15) is 4.79 Å². The molecule has 1 aliphatic heterocycles. The number of ether oxygens (including phenoxy) is 1. The Morgan fingerprint density at radius 2 is 2.30 bits per heavy atom. The second-order valence-electron chi connectivity index (χ2n) is 5.25. The first-order chi connectivity index (χ1) is 9.63. The van der Waals surface area contributed by atoms with Gasteiger partial charge in [0.15, 0.2) is 0 Å². The average molecular weight is 277 g/mol. The largest absolute Gasteiger partial charge is 0.462 e. The molecular weight excluding hydrogens is 254 g/mol. The molecule has 1 aliphatic rings. The molecule has 2 rings (SSSR count). The van der Waals surface area contributed by atoms with Gasteiger partial charge in [-0.15, -0.1) is 0 Å². The van der Waals surface area contributed by atoms with Crippen LogP contribution in [0.25, 0.3) is 0 Å². The van der Waals surface area contributed by atoms with Gasteiger partial charge >= 0.3 is 5.97 Å². The van der Waals surface area contributed by atoms with Crippen molar-refractivity contribution >= 4 is 17.5 Å². The molecular formula is C15H23N3O2. The van der Waals surface area contributed by atoms with Crippen molar-refractivity contribution in [3.05, 3.63) is 17.8 Å². The van der Waals surface area contributed by atoms with E-state index >= 15 is 0 Å². The number of nitrogens with two attached hydrogens (primary N) is 1. The van der Waals surface area contributed by atoms with Gasteiger partial charge in [0.2, 0.25) is 0 Å². The molecule has 0 aliphatic carbocycles. The maximum atomic E-state index is 12.1. The Bertz CT molecular complexity index is 476. The van der Waals surface area contributed by atoms with Crippen LogP contribution in [0.5, 0.6) is 0 Å². The molecule has 1 unspecified atom stereocenters. The quantitative estimate of drug-likeness (QED) is 0.860. The number of hydrogen-bond acceptors (Lipinski definition) is 5. The molecule has 110 valence electrons. The summed E-state index contributed by atoms with van der Waals surface area (Å²) in [6.45, 7) is 5.25. The van der Waals surface area contributed by atoms with E-state index < -0.39 is 0 Å². The summed E-state index contributed by atoms with van der Waals surface area (Å²) >= 11 is 0. The van der Waals surface area contributed by atoms with Crippen LogP contribution in [0.2, 0.25) is 0 Å². The summed E-state index contributed by atoms with van der Waals surface area (Å²) in [6.07, 6.45) is 6.30. The van der Waals surface area contributed by atoms with E-state index in [-0.39, 0.29) is 5.97 Å². The number of pyridine rings is 1. The average Bonchev–Trinajstić information content (AvgIpc) is 2.64. The third-order valence-corrected chi connectivity index (χ3v) is 3.71. The molecule has 0 amide bonds. The summed E-state index contributed by atoms with van der Waals surface area (Å²) in [7, 11) is 0. The van der Waals surface area contributed by atoms with E-state index in [4.69, 9.17) is 10.5 Å². The highest BCUT2D eigenvalue weighted by Crippen LogP contribution is 2.27. The van der Waals surface area contributed by atoms with Gasteiger partial charge in [-0.25, -0.2) is 9.78 Å². The molecule has 1 saturated heterocycles. The van der Waals surface area contributed by atoms with Crippen LogP contribution in [-0.4, -0.2) is 30.1 Å². The molecule has 20 heavy (non-hydrogen) atoms. The third kappa shape index (κ3) is 3.21. The van der Waals surface area contributed by atoms with Crippen LogP contribution < -0.4 is 10.6 Å². The van der Waals surface area contributed by atoms with E-state index in [1.54, 1.807) is 19.2 Å². The molecule has 2 N–H and O–H groups in total. The summed E-state index contributed by atoms with van der Waals surface area (Å²) in [6, 6.07) is 2.04. The molecule has 1 aromatic rings. The lowest BCUT2D eigenvalue weighted by Gasteiger charge is -2.29. The summed E-state index contributed by atoms with van der Waals surface area (Å²) in [5.41, 5.74) is 6.73.